The van der Waals surface area contributed by atoms with Gasteiger partial charge in [-0.25, -0.2) is 4.79 Å². The lowest BCUT2D eigenvalue weighted by Gasteiger charge is -2.33. The van der Waals surface area contributed by atoms with E-state index in [1.165, 1.54) is 16.7 Å². The van der Waals surface area contributed by atoms with Gasteiger partial charge in [0.15, 0.2) is 0 Å². The lowest BCUT2D eigenvalue weighted by molar-refractivity contribution is 0.0526. The minimum absolute atomic E-state index is 0.138. The Kier molecular flexibility index (Phi) is 4.90. The fourth-order valence-electron chi connectivity index (χ4n) is 3.46. The first kappa shape index (κ1) is 18.2. The highest BCUT2D eigenvalue weighted by molar-refractivity contribution is 5.90. The summed E-state index contributed by atoms with van der Waals surface area (Å²) in [7, 11) is 2.06. The van der Waals surface area contributed by atoms with Crippen LogP contribution >= 0.6 is 0 Å². The molecule has 0 amide bonds. The van der Waals surface area contributed by atoms with Gasteiger partial charge in [0, 0.05) is 18.4 Å². The smallest absolute Gasteiger partial charge is 0.338 e. The van der Waals surface area contributed by atoms with E-state index in [2.05, 4.69) is 57.0 Å². The van der Waals surface area contributed by atoms with Gasteiger partial charge in [0.05, 0.1) is 12.2 Å². The molecule has 0 saturated heterocycles. The third-order valence-corrected chi connectivity index (χ3v) is 5.23. The lowest BCUT2D eigenvalue weighted by atomic mass is 9.73. The van der Waals surface area contributed by atoms with Crippen molar-refractivity contribution < 1.29 is 9.53 Å². The summed E-state index contributed by atoms with van der Waals surface area (Å²) in [6.07, 6.45) is 3.40. The van der Waals surface area contributed by atoms with Crippen LogP contribution in [0.25, 0.3) is 5.57 Å². The lowest BCUT2D eigenvalue weighted by Crippen LogP contribution is -2.22. The van der Waals surface area contributed by atoms with Gasteiger partial charge in [-0.05, 0) is 78.8 Å². The van der Waals surface area contributed by atoms with Gasteiger partial charge in [-0.1, -0.05) is 26.0 Å². The minimum atomic E-state index is -0.278. The maximum atomic E-state index is 11.8. The van der Waals surface area contributed by atoms with E-state index in [0.29, 0.717) is 12.2 Å². The average molecular weight is 349 g/mol. The molecule has 0 unspecified atom stereocenters. The predicted molar refractivity (Wildman–Crippen MR) is 108 cm³/mol. The summed E-state index contributed by atoms with van der Waals surface area (Å²) in [6.45, 7) is 8.98. The monoisotopic (exact) mass is 349 g/mol. The molecular weight excluding hydrogens is 322 g/mol. The SMILES string of the molecule is CCOC(=O)c1ccc(N(C)c2ccc3c(c2)C(C)(C)CC=C3C)cc1. The van der Waals surface area contributed by atoms with Crippen LogP contribution in [0, 0.1) is 0 Å². The molecule has 0 aliphatic heterocycles. The molecule has 3 nitrogen and oxygen atoms in total. The van der Waals surface area contributed by atoms with Crippen LogP contribution in [-0.2, 0) is 10.2 Å². The summed E-state index contributed by atoms with van der Waals surface area (Å²) in [5.41, 5.74) is 7.00. The maximum absolute atomic E-state index is 11.8. The molecule has 26 heavy (non-hydrogen) atoms. The highest BCUT2D eigenvalue weighted by Gasteiger charge is 2.27. The van der Waals surface area contributed by atoms with Crippen LogP contribution in [0.5, 0.6) is 0 Å². The minimum Gasteiger partial charge on any atom is -0.462 e. The van der Waals surface area contributed by atoms with E-state index in [1.807, 2.05) is 31.2 Å². The summed E-state index contributed by atoms with van der Waals surface area (Å²) in [6, 6.07) is 14.2. The second kappa shape index (κ2) is 6.99. The molecule has 0 heterocycles. The Morgan fingerprint density at radius 1 is 1.12 bits per heavy atom. The topological polar surface area (TPSA) is 29.5 Å². The number of esters is 1. The largest absolute Gasteiger partial charge is 0.462 e. The summed E-state index contributed by atoms with van der Waals surface area (Å²) >= 11 is 0. The number of benzene rings is 2. The number of ether oxygens (including phenoxy) is 1. The van der Waals surface area contributed by atoms with Crippen molar-refractivity contribution >= 4 is 22.9 Å². The van der Waals surface area contributed by atoms with Gasteiger partial charge < -0.3 is 9.64 Å². The third-order valence-electron chi connectivity index (χ3n) is 5.23. The summed E-state index contributed by atoms with van der Waals surface area (Å²) in [5.74, 6) is -0.278. The van der Waals surface area contributed by atoms with E-state index >= 15 is 0 Å². The van der Waals surface area contributed by atoms with E-state index in [9.17, 15) is 4.79 Å². The highest BCUT2D eigenvalue weighted by atomic mass is 16.5. The Bertz CT molecular complexity index is 847. The van der Waals surface area contributed by atoms with Gasteiger partial charge >= 0.3 is 5.97 Å². The molecule has 2 aromatic carbocycles. The first-order valence-corrected chi connectivity index (χ1v) is 9.16. The number of fused-ring (bicyclic) bond motifs is 1. The second-order valence-corrected chi connectivity index (χ2v) is 7.53. The molecule has 0 spiro atoms. The Morgan fingerprint density at radius 2 is 1.77 bits per heavy atom. The second-order valence-electron chi connectivity index (χ2n) is 7.53. The number of hydrogen-bond donors (Lipinski definition) is 0. The first-order chi connectivity index (χ1) is 12.3. The van der Waals surface area contributed by atoms with Crippen LogP contribution in [-0.4, -0.2) is 19.6 Å². The molecule has 1 aliphatic rings. The Hall–Kier alpha value is -2.55. The van der Waals surface area contributed by atoms with Crippen LogP contribution < -0.4 is 4.90 Å². The molecule has 3 rings (SSSR count). The number of allylic oxidation sites excluding steroid dienone is 2. The quantitative estimate of drug-likeness (QED) is 0.662. The predicted octanol–water partition coefficient (Wildman–Crippen LogP) is 5.72. The average Bonchev–Trinajstić information content (AvgIpc) is 2.64. The molecule has 0 atom stereocenters. The molecule has 0 radical (unpaired) electrons. The van der Waals surface area contributed by atoms with Gasteiger partial charge in [0.25, 0.3) is 0 Å². The van der Waals surface area contributed by atoms with Crippen LogP contribution in [0.4, 0.5) is 11.4 Å². The van der Waals surface area contributed by atoms with Crippen molar-refractivity contribution in [3.05, 3.63) is 65.2 Å². The molecular formula is C23H27NO2. The zero-order valence-corrected chi connectivity index (χ0v) is 16.3. The van der Waals surface area contributed by atoms with E-state index in [0.717, 1.165) is 17.8 Å². The molecule has 0 aromatic heterocycles. The van der Waals surface area contributed by atoms with Crippen molar-refractivity contribution in [1.29, 1.82) is 0 Å². The number of carbonyl (C=O) groups is 1. The van der Waals surface area contributed by atoms with Gasteiger partial charge in [-0.15, -0.1) is 0 Å². The molecule has 2 aromatic rings. The van der Waals surface area contributed by atoms with Crippen molar-refractivity contribution in [1.82, 2.24) is 0 Å². The maximum Gasteiger partial charge on any atom is 0.338 e. The third kappa shape index (κ3) is 3.39. The van der Waals surface area contributed by atoms with E-state index < -0.39 is 0 Å². The zero-order chi connectivity index (χ0) is 18.9. The van der Waals surface area contributed by atoms with Crippen LogP contribution in [0.15, 0.2) is 48.5 Å². The van der Waals surface area contributed by atoms with Crippen molar-refractivity contribution in [3.8, 4) is 0 Å². The molecule has 0 bridgehead atoms. The number of carbonyl (C=O) groups excluding carboxylic acids is 1. The van der Waals surface area contributed by atoms with Gasteiger partial charge in [0.2, 0.25) is 0 Å². The van der Waals surface area contributed by atoms with Gasteiger partial charge in [-0.2, -0.15) is 0 Å². The molecule has 0 fully saturated rings. The van der Waals surface area contributed by atoms with Gasteiger partial charge in [-0.3, -0.25) is 0 Å². The van der Waals surface area contributed by atoms with Crippen molar-refractivity contribution in [2.75, 3.05) is 18.6 Å². The van der Waals surface area contributed by atoms with Crippen LogP contribution in [0.2, 0.25) is 0 Å². The normalized spacial score (nSPS) is 15.0. The van der Waals surface area contributed by atoms with E-state index in [1.54, 1.807) is 0 Å². The first-order valence-electron chi connectivity index (χ1n) is 9.16. The highest BCUT2D eigenvalue weighted by Crippen LogP contribution is 2.41. The van der Waals surface area contributed by atoms with Gasteiger partial charge in [0.1, 0.15) is 0 Å². The zero-order valence-electron chi connectivity index (χ0n) is 16.3. The summed E-state index contributed by atoms with van der Waals surface area (Å²) in [4.78, 5) is 14.0. The van der Waals surface area contributed by atoms with Crippen molar-refractivity contribution in [2.24, 2.45) is 0 Å². The Balaban J connectivity index is 1.90. The number of nitrogens with zero attached hydrogens (tertiary/aromatic N) is 1. The number of hydrogen-bond acceptors (Lipinski definition) is 3. The van der Waals surface area contributed by atoms with E-state index in [4.69, 9.17) is 4.74 Å². The van der Waals surface area contributed by atoms with E-state index in [-0.39, 0.29) is 11.4 Å². The number of anilines is 2. The summed E-state index contributed by atoms with van der Waals surface area (Å²) in [5, 5.41) is 0. The Labute approximate surface area is 156 Å². The standard InChI is InChI=1S/C23H27NO2/c1-6-26-22(25)17-7-9-18(10-8-17)24(5)19-11-12-20-16(2)13-14-23(3,4)21(20)15-19/h7-13,15H,6,14H2,1-5H3. The fraction of sp³-hybridized carbons (Fsp3) is 0.348. The van der Waals surface area contributed by atoms with Crippen molar-refractivity contribution in [3.63, 3.8) is 0 Å². The molecule has 1 aliphatic carbocycles. The van der Waals surface area contributed by atoms with Crippen molar-refractivity contribution in [2.45, 2.75) is 39.5 Å². The fourth-order valence-corrected chi connectivity index (χ4v) is 3.46. The number of rotatable bonds is 4. The molecule has 3 heteroatoms. The Morgan fingerprint density at radius 3 is 2.42 bits per heavy atom. The molecule has 0 saturated carbocycles. The van der Waals surface area contributed by atoms with Crippen LogP contribution in [0.1, 0.15) is 55.6 Å². The molecule has 0 N–H and O–H groups in total. The summed E-state index contributed by atoms with van der Waals surface area (Å²) < 4.78 is 5.05. The molecule has 136 valence electrons. The van der Waals surface area contributed by atoms with Crippen LogP contribution in [0.3, 0.4) is 0 Å².